The minimum atomic E-state index is -0.0188. The van der Waals surface area contributed by atoms with E-state index in [1.807, 2.05) is 0 Å². The maximum atomic E-state index is 12.1. The number of amides is 1. The summed E-state index contributed by atoms with van der Waals surface area (Å²) in [6.45, 7) is 3.77. The Balaban J connectivity index is 1.91. The number of hydrogen-bond donors (Lipinski definition) is 1. The zero-order valence-electron chi connectivity index (χ0n) is 11.6. The standard InChI is InChI=1S/C15H18Cl2N2O2/c16-13-9-12(10-14(17)11-13)1-2-15(21)19-5-3-18(4-6-19)7-8-20/h1-2,9-11,20H,3-8H2/b2-1-. The van der Waals surface area contributed by atoms with E-state index in [0.29, 0.717) is 29.7 Å². The molecule has 0 atom stereocenters. The predicted octanol–water partition coefficient (Wildman–Crippen LogP) is 2.14. The lowest BCUT2D eigenvalue weighted by molar-refractivity contribution is -0.127. The van der Waals surface area contributed by atoms with E-state index in [-0.39, 0.29) is 12.5 Å². The predicted molar refractivity (Wildman–Crippen MR) is 85.6 cm³/mol. The second-order valence-corrected chi connectivity index (χ2v) is 5.80. The molecule has 1 heterocycles. The van der Waals surface area contributed by atoms with Crippen molar-refractivity contribution in [1.29, 1.82) is 0 Å². The van der Waals surface area contributed by atoms with E-state index in [4.69, 9.17) is 28.3 Å². The van der Waals surface area contributed by atoms with Crippen LogP contribution in [0.15, 0.2) is 24.3 Å². The van der Waals surface area contributed by atoms with Gasteiger partial charge in [-0.2, -0.15) is 0 Å². The van der Waals surface area contributed by atoms with Crippen LogP contribution in [0, 0.1) is 0 Å². The summed E-state index contributed by atoms with van der Waals surface area (Å²) in [7, 11) is 0. The van der Waals surface area contributed by atoms with Crippen LogP contribution in [0.5, 0.6) is 0 Å². The zero-order chi connectivity index (χ0) is 15.2. The van der Waals surface area contributed by atoms with Crippen molar-refractivity contribution in [2.24, 2.45) is 0 Å². The van der Waals surface area contributed by atoms with Crippen LogP contribution in [0.1, 0.15) is 5.56 Å². The molecule has 6 heteroatoms. The van der Waals surface area contributed by atoms with Gasteiger partial charge in [0.15, 0.2) is 0 Å². The van der Waals surface area contributed by atoms with Crippen molar-refractivity contribution in [2.75, 3.05) is 39.3 Å². The maximum absolute atomic E-state index is 12.1. The minimum absolute atomic E-state index is 0.0188. The Kier molecular flexibility index (Phi) is 6.06. The Morgan fingerprint density at radius 3 is 2.33 bits per heavy atom. The molecular weight excluding hydrogens is 311 g/mol. The number of aliphatic hydroxyl groups excluding tert-OH is 1. The van der Waals surface area contributed by atoms with E-state index < -0.39 is 0 Å². The fourth-order valence-corrected chi connectivity index (χ4v) is 2.82. The van der Waals surface area contributed by atoms with Crippen LogP contribution < -0.4 is 0 Å². The van der Waals surface area contributed by atoms with Crippen LogP contribution in [0.25, 0.3) is 6.08 Å². The first kappa shape index (κ1) is 16.3. The Labute approximate surface area is 134 Å². The summed E-state index contributed by atoms with van der Waals surface area (Å²) in [5.74, 6) is -0.0188. The summed E-state index contributed by atoms with van der Waals surface area (Å²) in [5.41, 5.74) is 0.805. The molecule has 1 aromatic carbocycles. The van der Waals surface area contributed by atoms with E-state index in [1.165, 1.54) is 0 Å². The average Bonchev–Trinajstić information content (AvgIpc) is 2.45. The Morgan fingerprint density at radius 2 is 1.76 bits per heavy atom. The first-order valence-electron chi connectivity index (χ1n) is 6.85. The fraction of sp³-hybridized carbons (Fsp3) is 0.400. The molecule has 0 aromatic heterocycles. The molecule has 0 saturated carbocycles. The minimum Gasteiger partial charge on any atom is -0.395 e. The van der Waals surface area contributed by atoms with Crippen molar-refractivity contribution in [3.63, 3.8) is 0 Å². The lowest BCUT2D eigenvalue weighted by Gasteiger charge is -2.33. The van der Waals surface area contributed by atoms with Crippen molar-refractivity contribution in [3.8, 4) is 0 Å². The molecule has 1 aliphatic rings. The molecule has 114 valence electrons. The SMILES string of the molecule is O=C(/C=C\c1cc(Cl)cc(Cl)c1)N1CCN(CCO)CC1. The number of halogens is 2. The maximum Gasteiger partial charge on any atom is 0.246 e. The molecule has 1 saturated heterocycles. The van der Waals surface area contributed by atoms with Crippen LogP contribution >= 0.6 is 23.2 Å². The van der Waals surface area contributed by atoms with Gasteiger partial charge in [-0.15, -0.1) is 0 Å². The monoisotopic (exact) mass is 328 g/mol. The molecule has 1 amide bonds. The molecule has 1 N–H and O–H groups in total. The van der Waals surface area contributed by atoms with Gasteiger partial charge in [0.25, 0.3) is 0 Å². The third kappa shape index (κ3) is 5.00. The highest BCUT2D eigenvalue weighted by Crippen LogP contribution is 2.20. The summed E-state index contributed by atoms with van der Waals surface area (Å²) in [4.78, 5) is 16.1. The number of β-amino-alcohol motifs (C(OH)–C–C–N with tert-alkyl or cyclic N) is 1. The molecule has 4 nitrogen and oxygen atoms in total. The highest BCUT2D eigenvalue weighted by atomic mass is 35.5. The molecule has 1 aromatic rings. The van der Waals surface area contributed by atoms with Gasteiger partial charge in [-0.05, 0) is 29.8 Å². The van der Waals surface area contributed by atoms with Crippen LogP contribution in [-0.4, -0.2) is 60.1 Å². The molecule has 0 unspecified atom stereocenters. The van der Waals surface area contributed by atoms with E-state index in [9.17, 15) is 4.79 Å². The summed E-state index contributed by atoms with van der Waals surface area (Å²) in [6.07, 6.45) is 3.27. The molecule has 0 bridgehead atoms. The second kappa shape index (κ2) is 7.80. The number of benzene rings is 1. The normalized spacial score (nSPS) is 16.6. The molecule has 1 fully saturated rings. The Bertz CT molecular complexity index is 506. The lowest BCUT2D eigenvalue weighted by atomic mass is 10.2. The van der Waals surface area contributed by atoms with Gasteiger partial charge in [-0.1, -0.05) is 23.2 Å². The summed E-state index contributed by atoms with van der Waals surface area (Å²) >= 11 is 11.8. The first-order valence-corrected chi connectivity index (χ1v) is 7.60. The molecule has 0 aliphatic carbocycles. The third-order valence-corrected chi connectivity index (χ3v) is 3.84. The van der Waals surface area contributed by atoms with Gasteiger partial charge >= 0.3 is 0 Å². The Morgan fingerprint density at radius 1 is 1.14 bits per heavy atom. The van der Waals surface area contributed by atoms with Gasteiger partial charge in [0.1, 0.15) is 0 Å². The van der Waals surface area contributed by atoms with Crippen molar-refractivity contribution in [3.05, 3.63) is 39.9 Å². The van der Waals surface area contributed by atoms with E-state index in [2.05, 4.69) is 4.90 Å². The number of piperazine rings is 1. The van der Waals surface area contributed by atoms with E-state index in [1.54, 1.807) is 35.3 Å². The largest absolute Gasteiger partial charge is 0.395 e. The summed E-state index contributed by atoms with van der Waals surface area (Å²) in [5, 5.41) is 9.99. The van der Waals surface area contributed by atoms with Gasteiger partial charge in [-0.3, -0.25) is 9.69 Å². The number of rotatable bonds is 4. The lowest BCUT2D eigenvalue weighted by Crippen LogP contribution is -2.48. The smallest absolute Gasteiger partial charge is 0.246 e. The van der Waals surface area contributed by atoms with Crippen LogP contribution in [-0.2, 0) is 4.79 Å². The number of carbonyl (C=O) groups is 1. The average molecular weight is 329 g/mol. The second-order valence-electron chi connectivity index (χ2n) is 4.93. The molecule has 0 spiro atoms. The highest BCUT2D eigenvalue weighted by molar-refractivity contribution is 6.34. The van der Waals surface area contributed by atoms with Gasteiger partial charge in [0.05, 0.1) is 6.61 Å². The highest BCUT2D eigenvalue weighted by Gasteiger charge is 2.18. The van der Waals surface area contributed by atoms with Gasteiger partial charge in [-0.25, -0.2) is 0 Å². The molecule has 2 rings (SSSR count). The summed E-state index contributed by atoms with van der Waals surface area (Å²) < 4.78 is 0. The van der Waals surface area contributed by atoms with Crippen molar-refractivity contribution >= 4 is 35.2 Å². The van der Waals surface area contributed by atoms with E-state index in [0.717, 1.165) is 18.7 Å². The topological polar surface area (TPSA) is 43.8 Å². The molecule has 21 heavy (non-hydrogen) atoms. The Hall–Kier alpha value is -1.07. The third-order valence-electron chi connectivity index (χ3n) is 3.40. The molecule has 1 aliphatic heterocycles. The van der Waals surface area contributed by atoms with Crippen molar-refractivity contribution in [1.82, 2.24) is 9.80 Å². The number of carbonyl (C=O) groups excluding carboxylic acids is 1. The first-order chi connectivity index (χ1) is 10.1. The van der Waals surface area contributed by atoms with Crippen LogP contribution in [0.4, 0.5) is 0 Å². The van der Waals surface area contributed by atoms with Crippen molar-refractivity contribution < 1.29 is 9.90 Å². The van der Waals surface area contributed by atoms with E-state index >= 15 is 0 Å². The van der Waals surface area contributed by atoms with Gasteiger partial charge < -0.3 is 10.0 Å². The molecule has 0 radical (unpaired) electrons. The zero-order valence-corrected chi connectivity index (χ0v) is 13.1. The quantitative estimate of drug-likeness (QED) is 0.861. The number of nitrogens with zero attached hydrogens (tertiary/aromatic N) is 2. The van der Waals surface area contributed by atoms with Gasteiger partial charge in [0, 0.05) is 48.8 Å². The number of aliphatic hydroxyl groups is 1. The number of hydrogen-bond acceptors (Lipinski definition) is 3. The van der Waals surface area contributed by atoms with Gasteiger partial charge in [0.2, 0.25) is 5.91 Å². The molecular formula is C15H18Cl2N2O2. The van der Waals surface area contributed by atoms with Crippen LogP contribution in [0.3, 0.4) is 0 Å². The fourth-order valence-electron chi connectivity index (χ4n) is 2.28. The summed E-state index contributed by atoms with van der Waals surface area (Å²) in [6, 6.07) is 5.18. The van der Waals surface area contributed by atoms with Crippen molar-refractivity contribution in [2.45, 2.75) is 0 Å². The van der Waals surface area contributed by atoms with Crippen LogP contribution in [0.2, 0.25) is 10.0 Å².